The van der Waals surface area contributed by atoms with Crippen LogP contribution in [0.15, 0.2) is 24.3 Å². The Kier molecular flexibility index (Phi) is 2.71. The Morgan fingerprint density at radius 3 is 2.94 bits per heavy atom. The van der Waals surface area contributed by atoms with Gasteiger partial charge in [0, 0.05) is 24.2 Å². The summed E-state index contributed by atoms with van der Waals surface area (Å²) in [5, 5.41) is 0. The van der Waals surface area contributed by atoms with E-state index in [1.165, 1.54) is 11.1 Å². The normalized spacial score (nSPS) is 29.5. The minimum Gasteiger partial charge on any atom is -0.748 e. The van der Waals surface area contributed by atoms with Crippen molar-refractivity contribution in [1.82, 2.24) is 0 Å². The molecule has 1 saturated heterocycles. The van der Waals surface area contributed by atoms with Gasteiger partial charge in [-0.15, -0.1) is 9.48 Å². The van der Waals surface area contributed by atoms with Crippen LogP contribution in [0.25, 0.3) is 0 Å². The molecule has 1 fully saturated rings. The summed E-state index contributed by atoms with van der Waals surface area (Å²) in [6.07, 6.45) is 1.35. The topological polar surface area (TPSA) is 69.7 Å². The van der Waals surface area contributed by atoms with Gasteiger partial charge >= 0.3 is 0 Å². The zero-order chi connectivity index (χ0) is 12.8. The summed E-state index contributed by atoms with van der Waals surface area (Å²) in [7, 11) is -4.11. The van der Waals surface area contributed by atoms with E-state index in [0.29, 0.717) is 17.6 Å². The molecular formula is C12H15NO4S. The van der Waals surface area contributed by atoms with Crippen LogP contribution in [-0.2, 0) is 21.4 Å². The molecule has 6 heteroatoms. The molecule has 0 aliphatic carbocycles. The quantitative estimate of drug-likeness (QED) is 0.463. The van der Waals surface area contributed by atoms with E-state index in [-0.39, 0.29) is 12.0 Å². The third-order valence-electron chi connectivity index (χ3n) is 3.70. The van der Waals surface area contributed by atoms with Gasteiger partial charge in [0.25, 0.3) is 6.23 Å². The molecule has 0 bridgehead atoms. The van der Waals surface area contributed by atoms with Crippen molar-refractivity contribution >= 4 is 10.1 Å². The Morgan fingerprint density at radius 2 is 2.17 bits per heavy atom. The first-order chi connectivity index (χ1) is 8.50. The van der Waals surface area contributed by atoms with Crippen molar-refractivity contribution in [3.05, 3.63) is 35.4 Å². The smallest absolute Gasteiger partial charge is 0.300 e. The molecule has 0 spiro atoms. The van der Waals surface area contributed by atoms with Gasteiger partial charge < -0.3 is 4.55 Å². The van der Waals surface area contributed by atoms with Crippen molar-refractivity contribution in [2.75, 3.05) is 18.8 Å². The van der Waals surface area contributed by atoms with Gasteiger partial charge in [0.2, 0.25) is 0 Å². The summed E-state index contributed by atoms with van der Waals surface area (Å²) < 4.78 is 32.3. The van der Waals surface area contributed by atoms with Crippen LogP contribution in [0.2, 0.25) is 0 Å². The number of benzene rings is 1. The number of nitrogens with zero attached hydrogens (tertiary/aromatic N) is 1. The van der Waals surface area contributed by atoms with E-state index in [1.54, 1.807) is 0 Å². The summed E-state index contributed by atoms with van der Waals surface area (Å²) in [6.45, 7) is 1.46. The molecule has 0 aromatic heterocycles. The highest BCUT2D eigenvalue weighted by Crippen LogP contribution is 2.51. The van der Waals surface area contributed by atoms with Crippen LogP contribution in [0.3, 0.4) is 0 Å². The maximum Gasteiger partial charge on any atom is 0.300 e. The van der Waals surface area contributed by atoms with Crippen LogP contribution < -0.4 is 0 Å². The van der Waals surface area contributed by atoms with E-state index in [1.807, 2.05) is 12.1 Å². The molecule has 18 heavy (non-hydrogen) atoms. The third-order valence-corrected chi connectivity index (χ3v) is 4.49. The first kappa shape index (κ1) is 12.1. The second-order valence-corrected chi connectivity index (χ2v) is 6.45. The van der Waals surface area contributed by atoms with Gasteiger partial charge in [0.05, 0.1) is 10.1 Å². The Labute approximate surface area is 106 Å². The lowest BCUT2D eigenvalue weighted by molar-refractivity contribution is -0.924. The van der Waals surface area contributed by atoms with Crippen LogP contribution in [0.1, 0.15) is 23.8 Å². The van der Waals surface area contributed by atoms with Crippen molar-refractivity contribution in [1.29, 1.82) is 0 Å². The van der Waals surface area contributed by atoms with E-state index >= 15 is 0 Å². The van der Waals surface area contributed by atoms with Crippen LogP contribution in [-0.4, -0.2) is 36.5 Å². The van der Waals surface area contributed by atoms with Crippen LogP contribution >= 0.6 is 0 Å². The summed E-state index contributed by atoms with van der Waals surface area (Å²) in [6, 6.07) is 8.17. The lowest BCUT2D eigenvalue weighted by Crippen LogP contribution is -2.34. The molecule has 3 rings (SSSR count). The van der Waals surface area contributed by atoms with Gasteiger partial charge in [-0.2, -0.15) is 0 Å². The molecule has 2 aliphatic heterocycles. The minimum atomic E-state index is -4.11. The van der Waals surface area contributed by atoms with Gasteiger partial charge in [-0.25, -0.2) is 8.42 Å². The van der Waals surface area contributed by atoms with Crippen molar-refractivity contribution in [3.8, 4) is 0 Å². The Bertz CT molecular complexity index is 571. The highest BCUT2D eigenvalue weighted by Gasteiger charge is 2.61. The molecule has 5 nitrogen and oxygen atoms in total. The molecule has 2 unspecified atom stereocenters. The Hall–Kier alpha value is -0.950. The number of hydroxylamine groups is 3. The maximum atomic E-state index is 10.6. The zero-order valence-electron chi connectivity index (χ0n) is 9.91. The van der Waals surface area contributed by atoms with E-state index < -0.39 is 10.1 Å². The molecule has 2 heterocycles. The highest BCUT2D eigenvalue weighted by molar-refractivity contribution is 7.85. The number of fused-ring (bicyclic) bond motifs is 3. The molecule has 0 saturated carbocycles. The monoisotopic (exact) mass is 269 g/mol. The SMILES string of the molecule is O=S(=O)([O-])CCC[N+]12CCc3ccccc3C1O2. The lowest BCUT2D eigenvalue weighted by Gasteiger charge is -2.19. The van der Waals surface area contributed by atoms with Crippen LogP contribution in [0.5, 0.6) is 0 Å². The fourth-order valence-electron chi connectivity index (χ4n) is 2.76. The number of hydrogen-bond acceptors (Lipinski definition) is 4. The second-order valence-electron chi connectivity index (χ2n) is 4.92. The van der Waals surface area contributed by atoms with E-state index in [0.717, 1.165) is 13.0 Å². The summed E-state index contributed by atoms with van der Waals surface area (Å²) in [5.41, 5.74) is 2.51. The lowest BCUT2D eigenvalue weighted by atomic mass is 10.00. The maximum absolute atomic E-state index is 10.6. The Balaban J connectivity index is 1.67. The zero-order valence-corrected chi connectivity index (χ0v) is 10.7. The van der Waals surface area contributed by atoms with Crippen molar-refractivity contribution in [2.45, 2.75) is 19.1 Å². The first-order valence-electron chi connectivity index (χ1n) is 6.07. The number of quaternary nitrogens is 1. The molecule has 0 radical (unpaired) electrons. The minimum absolute atomic E-state index is 0.0457. The second kappa shape index (κ2) is 4.03. The van der Waals surface area contributed by atoms with Gasteiger partial charge in [0.1, 0.15) is 13.1 Å². The van der Waals surface area contributed by atoms with Crippen LogP contribution in [0.4, 0.5) is 0 Å². The first-order valence-corrected chi connectivity index (χ1v) is 7.64. The van der Waals surface area contributed by atoms with E-state index in [4.69, 9.17) is 4.84 Å². The molecule has 2 atom stereocenters. The highest BCUT2D eigenvalue weighted by atomic mass is 32.2. The van der Waals surface area contributed by atoms with Crippen LogP contribution in [0, 0.1) is 0 Å². The predicted molar refractivity (Wildman–Crippen MR) is 63.1 cm³/mol. The molecule has 2 aliphatic rings. The van der Waals surface area contributed by atoms with Crippen molar-refractivity contribution < 1.29 is 22.5 Å². The fraction of sp³-hybridized carbons (Fsp3) is 0.500. The van der Waals surface area contributed by atoms with Gasteiger partial charge in [0.15, 0.2) is 0 Å². The largest absolute Gasteiger partial charge is 0.748 e. The van der Waals surface area contributed by atoms with Gasteiger partial charge in [-0.1, -0.05) is 18.2 Å². The average Bonchev–Trinajstić information content (AvgIpc) is 3.02. The predicted octanol–water partition coefficient (Wildman–Crippen LogP) is 0.939. The molecule has 1 aromatic carbocycles. The summed E-state index contributed by atoms with van der Waals surface area (Å²) in [5.74, 6) is -0.301. The Morgan fingerprint density at radius 1 is 1.39 bits per heavy atom. The molecule has 0 amide bonds. The molecular weight excluding hydrogens is 254 g/mol. The van der Waals surface area contributed by atoms with Gasteiger partial charge in [-0.3, -0.25) is 0 Å². The summed E-state index contributed by atoms with van der Waals surface area (Å²) >= 11 is 0. The van der Waals surface area contributed by atoms with E-state index in [9.17, 15) is 13.0 Å². The fourth-order valence-corrected chi connectivity index (χ4v) is 3.24. The van der Waals surface area contributed by atoms with Crippen molar-refractivity contribution in [2.24, 2.45) is 0 Å². The standard InChI is InChI=1S/C12H15NO4S/c14-18(15,16)9-3-7-13-8-6-10-4-1-2-5-11(10)12(13)17-13/h1-2,4-5,12H,3,6-9H2. The van der Waals surface area contributed by atoms with Crippen molar-refractivity contribution in [3.63, 3.8) is 0 Å². The number of hydrogen-bond donors (Lipinski definition) is 0. The molecule has 0 N–H and O–H groups in total. The van der Waals surface area contributed by atoms with Gasteiger partial charge in [-0.05, 0) is 11.6 Å². The molecule has 98 valence electrons. The van der Waals surface area contributed by atoms with E-state index in [2.05, 4.69) is 12.1 Å². The molecule has 1 aromatic rings. The summed E-state index contributed by atoms with van der Waals surface area (Å²) in [4.78, 5) is 5.75. The third kappa shape index (κ3) is 2.16. The number of rotatable bonds is 4. The average molecular weight is 269 g/mol.